The second-order valence-electron chi connectivity index (χ2n) is 4.02. The van der Waals surface area contributed by atoms with Gasteiger partial charge in [0.05, 0.1) is 5.75 Å². The number of hydrogen-bond acceptors (Lipinski definition) is 5. The highest BCUT2D eigenvalue weighted by Gasteiger charge is 2.08. The Hall–Kier alpha value is -1.50. The molecule has 0 spiro atoms. The van der Waals surface area contributed by atoms with Gasteiger partial charge < -0.3 is 16.0 Å². The first-order valence-electron chi connectivity index (χ1n) is 5.80. The average molecular weight is 270 g/mol. The van der Waals surface area contributed by atoms with Crippen LogP contribution in [0.3, 0.4) is 0 Å². The van der Waals surface area contributed by atoms with Crippen molar-refractivity contribution in [3.8, 4) is 0 Å². The zero-order valence-corrected chi connectivity index (χ0v) is 11.3. The summed E-state index contributed by atoms with van der Waals surface area (Å²) in [6.45, 7) is 4.03. The Bertz CT molecular complexity index is 461. The van der Waals surface area contributed by atoms with Gasteiger partial charge in [-0.05, 0) is 13.3 Å². The summed E-state index contributed by atoms with van der Waals surface area (Å²) in [7, 11) is 0. The van der Waals surface area contributed by atoms with Crippen molar-refractivity contribution in [3.05, 3.63) is 16.4 Å². The van der Waals surface area contributed by atoms with Crippen LogP contribution in [0.15, 0.2) is 16.0 Å². The molecule has 0 aliphatic rings. The Balaban J connectivity index is 2.45. The molecule has 0 saturated carbocycles. The summed E-state index contributed by atoms with van der Waals surface area (Å²) in [4.78, 5) is 29.2. The Morgan fingerprint density at radius 1 is 1.67 bits per heavy atom. The topological polar surface area (TPSA) is 101 Å². The van der Waals surface area contributed by atoms with E-state index in [-0.39, 0.29) is 29.1 Å². The van der Waals surface area contributed by atoms with E-state index in [1.807, 2.05) is 6.92 Å². The van der Waals surface area contributed by atoms with Crippen LogP contribution in [0.4, 0.5) is 5.82 Å². The number of aromatic nitrogens is 2. The third-order valence-electron chi connectivity index (χ3n) is 2.21. The van der Waals surface area contributed by atoms with Crippen LogP contribution in [0.2, 0.25) is 0 Å². The number of nitrogens with zero attached hydrogens (tertiary/aromatic N) is 1. The molecule has 1 aromatic heterocycles. The molecule has 1 amide bonds. The molecule has 100 valence electrons. The zero-order chi connectivity index (χ0) is 13.5. The van der Waals surface area contributed by atoms with Crippen molar-refractivity contribution in [1.82, 2.24) is 15.3 Å². The maximum Gasteiger partial charge on any atom is 0.253 e. The first-order chi connectivity index (χ1) is 8.51. The van der Waals surface area contributed by atoms with E-state index in [1.165, 1.54) is 6.07 Å². The molecule has 0 aromatic carbocycles. The van der Waals surface area contributed by atoms with Crippen molar-refractivity contribution in [2.75, 3.05) is 11.5 Å². The summed E-state index contributed by atoms with van der Waals surface area (Å²) in [5.41, 5.74) is 5.13. The lowest BCUT2D eigenvalue weighted by molar-refractivity contribution is -0.119. The molecule has 0 aliphatic heterocycles. The number of anilines is 1. The fourth-order valence-electron chi connectivity index (χ4n) is 1.48. The van der Waals surface area contributed by atoms with Crippen LogP contribution in [-0.4, -0.2) is 27.7 Å². The van der Waals surface area contributed by atoms with E-state index < -0.39 is 0 Å². The van der Waals surface area contributed by atoms with E-state index in [0.29, 0.717) is 5.16 Å². The third-order valence-corrected chi connectivity index (χ3v) is 3.08. The Labute approximate surface area is 110 Å². The summed E-state index contributed by atoms with van der Waals surface area (Å²) in [5.74, 6) is 0.285. The van der Waals surface area contributed by atoms with Crippen LogP contribution >= 0.6 is 11.8 Å². The number of rotatable bonds is 6. The second kappa shape index (κ2) is 7.05. The minimum Gasteiger partial charge on any atom is -0.383 e. The van der Waals surface area contributed by atoms with Gasteiger partial charge >= 0.3 is 0 Å². The molecule has 1 atom stereocenters. The van der Waals surface area contributed by atoms with Gasteiger partial charge in [0, 0.05) is 12.1 Å². The largest absolute Gasteiger partial charge is 0.383 e. The fraction of sp³-hybridized carbons (Fsp3) is 0.545. The molecule has 0 radical (unpaired) electrons. The first-order valence-corrected chi connectivity index (χ1v) is 6.78. The van der Waals surface area contributed by atoms with E-state index in [2.05, 4.69) is 22.2 Å². The normalized spacial score (nSPS) is 12.1. The molecule has 0 bridgehead atoms. The quantitative estimate of drug-likeness (QED) is 0.523. The molecular weight excluding hydrogens is 252 g/mol. The monoisotopic (exact) mass is 270 g/mol. The van der Waals surface area contributed by atoms with Crippen LogP contribution < -0.4 is 16.6 Å². The van der Waals surface area contributed by atoms with Gasteiger partial charge in [-0.25, -0.2) is 4.98 Å². The summed E-state index contributed by atoms with van der Waals surface area (Å²) in [5, 5.41) is 3.23. The lowest BCUT2D eigenvalue weighted by atomic mass is 10.2. The molecule has 1 unspecified atom stereocenters. The molecule has 0 saturated heterocycles. The lowest BCUT2D eigenvalue weighted by Gasteiger charge is -2.12. The molecule has 0 fully saturated rings. The Morgan fingerprint density at radius 2 is 2.39 bits per heavy atom. The summed E-state index contributed by atoms with van der Waals surface area (Å²) >= 11 is 1.16. The number of nitrogens with two attached hydrogens (primary N) is 1. The molecule has 1 heterocycles. The van der Waals surface area contributed by atoms with E-state index in [9.17, 15) is 9.59 Å². The van der Waals surface area contributed by atoms with Crippen LogP contribution in [0.1, 0.15) is 26.7 Å². The number of H-pyrrole nitrogens is 1. The maximum absolute atomic E-state index is 11.6. The Morgan fingerprint density at radius 3 is 3.00 bits per heavy atom. The number of thioether (sulfide) groups is 1. The molecular formula is C11H18N4O2S. The molecule has 7 heteroatoms. The number of carbonyl (C=O) groups is 1. The van der Waals surface area contributed by atoms with Crippen molar-refractivity contribution in [2.45, 2.75) is 37.9 Å². The van der Waals surface area contributed by atoms with Gasteiger partial charge in [-0.1, -0.05) is 25.1 Å². The highest BCUT2D eigenvalue weighted by molar-refractivity contribution is 7.99. The van der Waals surface area contributed by atoms with Gasteiger partial charge in [-0.2, -0.15) is 0 Å². The van der Waals surface area contributed by atoms with Crippen LogP contribution in [0, 0.1) is 0 Å². The minimum atomic E-state index is -0.315. The van der Waals surface area contributed by atoms with E-state index in [4.69, 9.17) is 5.73 Å². The molecule has 6 nitrogen and oxygen atoms in total. The van der Waals surface area contributed by atoms with Crippen molar-refractivity contribution >= 4 is 23.5 Å². The van der Waals surface area contributed by atoms with Crippen molar-refractivity contribution < 1.29 is 4.79 Å². The number of carbonyl (C=O) groups excluding carboxylic acids is 1. The number of nitrogens with one attached hydrogen (secondary N) is 2. The molecule has 4 N–H and O–H groups in total. The predicted octanol–water partition coefficient (Wildman–Crippen LogP) is 0.749. The van der Waals surface area contributed by atoms with Crippen LogP contribution in [-0.2, 0) is 4.79 Å². The molecule has 0 aliphatic carbocycles. The van der Waals surface area contributed by atoms with Crippen molar-refractivity contribution in [2.24, 2.45) is 0 Å². The lowest BCUT2D eigenvalue weighted by Crippen LogP contribution is -2.33. The minimum absolute atomic E-state index is 0.0778. The smallest absolute Gasteiger partial charge is 0.253 e. The number of aromatic amines is 1. The van der Waals surface area contributed by atoms with Gasteiger partial charge in [0.2, 0.25) is 5.91 Å². The fourth-order valence-corrected chi connectivity index (χ4v) is 2.17. The van der Waals surface area contributed by atoms with Gasteiger partial charge in [-0.3, -0.25) is 9.59 Å². The Kier molecular flexibility index (Phi) is 5.70. The molecule has 1 aromatic rings. The third kappa shape index (κ3) is 5.22. The predicted molar refractivity (Wildman–Crippen MR) is 72.5 cm³/mol. The van der Waals surface area contributed by atoms with Crippen LogP contribution in [0.25, 0.3) is 0 Å². The zero-order valence-electron chi connectivity index (χ0n) is 10.5. The van der Waals surface area contributed by atoms with Crippen molar-refractivity contribution in [3.63, 3.8) is 0 Å². The maximum atomic E-state index is 11.6. The number of amides is 1. The SMILES string of the molecule is CCCC(C)NC(=O)CSc1nc(N)cc(=O)[nH]1. The van der Waals surface area contributed by atoms with Gasteiger partial charge in [-0.15, -0.1) is 0 Å². The highest BCUT2D eigenvalue weighted by Crippen LogP contribution is 2.11. The first kappa shape index (κ1) is 14.6. The highest BCUT2D eigenvalue weighted by atomic mass is 32.2. The standard InChI is InChI=1S/C11H18N4O2S/c1-3-4-7(2)13-10(17)6-18-11-14-8(12)5-9(16)15-11/h5,7H,3-4,6H2,1-2H3,(H,13,17)(H3,12,14,15,16). The summed E-state index contributed by atoms with van der Waals surface area (Å²) in [6, 6.07) is 1.36. The van der Waals surface area contributed by atoms with Crippen LogP contribution in [0.5, 0.6) is 0 Å². The molecule has 1 rings (SSSR count). The van der Waals surface area contributed by atoms with E-state index >= 15 is 0 Å². The van der Waals surface area contributed by atoms with Crippen molar-refractivity contribution in [1.29, 1.82) is 0 Å². The molecule has 18 heavy (non-hydrogen) atoms. The van der Waals surface area contributed by atoms with Gasteiger partial charge in [0.15, 0.2) is 5.16 Å². The second-order valence-corrected chi connectivity index (χ2v) is 4.99. The van der Waals surface area contributed by atoms with Gasteiger partial charge in [0.25, 0.3) is 5.56 Å². The summed E-state index contributed by atoms with van der Waals surface area (Å²) < 4.78 is 0. The van der Waals surface area contributed by atoms with E-state index in [0.717, 1.165) is 24.6 Å². The van der Waals surface area contributed by atoms with Gasteiger partial charge in [0.1, 0.15) is 5.82 Å². The number of nitrogen functional groups attached to an aromatic ring is 1. The van der Waals surface area contributed by atoms with E-state index in [1.54, 1.807) is 0 Å². The number of hydrogen-bond donors (Lipinski definition) is 3. The summed E-state index contributed by atoms with van der Waals surface area (Å²) in [6.07, 6.45) is 1.97. The average Bonchev–Trinajstić information content (AvgIpc) is 2.25.